The van der Waals surface area contributed by atoms with E-state index in [9.17, 15) is 14.4 Å². The zero-order chi connectivity index (χ0) is 20.7. The Kier molecular flexibility index (Phi) is 7.40. The van der Waals surface area contributed by atoms with Crippen LogP contribution in [-0.4, -0.2) is 30.1 Å². The Morgan fingerprint density at radius 1 is 1.11 bits per heavy atom. The molecule has 0 heterocycles. The van der Waals surface area contributed by atoms with Gasteiger partial charge in [-0.05, 0) is 37.1 Å². The highest BCUT2D eigenvalue weighted by Gasteiger charge is 2.26. The Balaban J connectivity index is 2.03. The average molecular weight is 404 g/mol. The van der Waals surface area contributed by atoms with Crippen molar-refractivity contribution in [1.82, 2.24) is 5.32 Å². The Morgan fingerprint density at radius 2 is 1.79 bits per heavy atom. The van der Waals surface area contributed by atoms with Crippen LogP contribution in [0, 0.1) is 6.92 Å². The van der Waals surface area contributed by atoms with Gasteiger partial charge in [-0.15, -0.1) is 0 Å². The van der Waals surface area contributed by atoms with Gasteiger partial charge in [-0.3, -0.25) is 4.79 Å². The maximum atomic E-state index is 12.5. The summed E-state index contributed by atoms with van der Waals surface area (Å²) in [4.78, 5) is 36.1. The second kappa shape index (κ2) is 9.75. The summed E-state index contributed by atoms with van der Waals surface area (Å²) in [5, 5.41) is 5.54. The largest absolute Gasteiger partial charge is 0.451 e. The van der Waals surface area contributed by atoms with Gasteiger partial charge in [-0.25, -0.2) is 9.59 Å². The fourth-order valence-electron chi connectivity index (χ4n) is 2.50. The van der Waals surface area contributed by atoms with Crippen molar-refractivity contribution >= 4 is 35.2 Å². The number of nitrogens with two attached hydrogens (primary N) is 1. The van der Waals surface area contributed by atoms with E-state index in [1.807, 2.05) is 18.2 Å². The molecule has 8 heteroatoms. The first-order chi connectivity index (χ1) is 13.3. The molecule has 0 spiro atoms. The molecule has 2 aromatic rings. The van der Waals surface area contributed by atoms with Crippen molar-refractivity contribution in [2.24, 2.45) is 5.73 Å². The van der Waals surface area contributed by atoms with Crippen LogP contribution in [0.1, 0.15) is 18.1 Å². The van der Waals surface area contributed by atoms with Gasteiger partial charge in [0.15, 0.2) is 6.10 Å². The molecule has 0 aliphatic rings. The van der Waals surface area contributed by atoms with Crippen molar-refractivity contribution in [3.63, 3.8) is 0 Å². The lowest BCUT2D eigenvalue weighted by Crippen LogP contribution is -2.47. The SMILES string of the molecule is Cc1c(Cl)cccc1NC(=O)[C@@H](C)OC(=O)[C@H](Cc1ccccc1)NC(N)=O. The first-order valence-corrected chi connectivity index (χ1v) is 9.02. The highest BCUT2D eigenvalue weighted by Crippen LogP contribution is 2.23. The Morgan fingerprint density at radius 3 is 2.43 bits per heavy atom. The number of carbonyl (C=O) groups is 3. The van der Waals surface area contributed by atoms with E-state index >= 15 is 0 Å². The molecule has 0 aliphatic heterocycles. The fourth-order valence-corrected chi connectivity index (χ4v) is 2.68. The summed E-state index contributed by atoms with van der Waals surface area (Å²) in [6.45, 7) is 3.21. The van der Waals surface area contributed by atoms with Gasteiger partial charge in [0.25, 0.3) is 5.91 Å². The number of urea groups is 1. The van der Waals surface area contributed by atoms with Crippen molar-refractivity contribution in [3.8, 4) is 0 Å². The number of ether oxygens (including phenoxy) is 1. The van der Waals surface area contributed by atoms with E-state index in [1.165, 1.54) is 6.92 Å². The Bertz CT molecular complexity index is 858. The molecule has 0 aromatic heterocycles. The standard InChI is InChI=1S/C20H22ClN3O4/c1-12-15(21)9-6-10-16(12)23-18(25)13(2)28-19(26)17(24-20(22)27)11-14-7-4-3-5-8-14/h3-10,13,17H,11H2,1-2H3,(H,23,25)(H3,22,24,27)/t13-,17+/m1/s1. The molecule has 3 amide bonds. The molecule has 2 aromatic carbocycles. The van der Waals surface area contributed by atoms with Gasteiger partial charge in [0.2, 0.25) is 0 Å². The van der Waals surface area contributed by atoms with Gasteiger partial charge in [0.05, 0.1) is 0 Å². The molecule has 0 saturated carbocycles. The zero-order valence-corrected chi connectivity index (χ0v) is 16.3. The lowest BCUT2D eigenvalue weighted by atomic mass is 10.1. The number of hydrogen-bond donors (Lipinski definition) is 3. The number of hydrogen-bond acceptors (Lipinski definition) is 4. The molecule has 0 bridgehead atoms. The maximum Gasteiger partial charge on any atom is 0.329 e. The summed E-state index contributed by atoms with van der Waals surface area (Å²) >= 11 is 6.04. The molecule has 28 heavy (non-hydrogen) atoms. The summed E-state index contributed by atoms with van der Waals surface area (Å²) in [6.07, 6.45) is -0.900. The maximum absolute atomic E-state index is 12.5. The summed E-state index contributed by atoms with van der Waals surface area (Å²) in [6, 6.07) is 12.3. The minimum atomic E-state index is -1.08. The topological polar surface area (TPSA) is 111 Å². The van der Waals surface area contributed by atoms with Gasteiger partial charge in [0.1, 0.15) is 6.04 Å². The molecule has 4 N–H and O–H groups in total. The highest BCUT2D eigenvalue weighted by molar-refractivity contribution is 6.31. The summed E-state index contributed by atoms with van der Waals surface area (Å²) in [5.41, 5.74) is 7.20. The van der Waals surface area contributed by atoms with Crippen LogP contribution in [0.3, 0.4) is 0 Å². The van der Waals surface area contributed by atoms with Crippen LogP contribution in [-0.2, 0) is 20.7 Å². The first-order valence-electron chi connectivity index (χ1n) is 8.64. The van der Waals surface area contributed by atoms with Crippen molar-refractivity contribution in [2.45, 2.75) is 32.4 Å². The molecule has 7 nitrogen and oxygen atoms in total. The van der Waals surface area contributed by atoms with E-state index in [0.717, 1.165) is 5.56 Å². The Labute approximate surface area is 168 Å². The van der Waals surface area contributed by atoms with Gasteiger partial charge in [-0.2, -0.15) is 0 Å². The summed E-state index contributed by atoms with van der Waals surface area (Å²) in [5.74, 6) is -1.27. The summed E-state index contributed by atoms with van der Waals surface area (Å²) < 4.78 is 5.24. The van der Waals surface area contributed by atoms with E-state index in [2.05, 4.69) is 10.6 Å². The van der Waals surface area contributed by atoms with Crippen LogP contribution in [0.4, 0.5) is 10.5 Å². The average Bonchev–Trinajstić information content (AvgIpc) is 2.65. The minimum Gasteiger partial charge on any atom is -0.451 e. The van der Waals surface area contributed by atoms with Gasteiger partial charge in [-0.1, -0.05) is 48.0 Å². The monoisotopic (exact) mass is 403 g/mol. The van der Waals surface area contributed by atoms with Crippen molar-refractivity contribution in [1.29, 1.82) is 0 Å². The number of carbonyl (C=O) groups excluding carboxylic acids is 3. The Hall–Kier alpha value is -3.06. The third-order valence-electron chi connectivity index (χ3n) is 4.07. The molecule has 0 saturated heterocycles. The van der Waals surface area contributed by atoms with Crippen LogP contribution >= 0.6 is 11.6 Å². The minimum absolute atomic E-state index is 0.185. The lowest BCUT2D eigenvalue weighted by molar-refractivity contribution is -0.155. The van der Waals surface area contributed by atoms with E-state index in [1.54, 1.807) is 37.3 Å². The highest BCUT2D eigenvalue weighted by atomic mass is 35.5. The number of nitrogens with one attached hydrogen (secondary N) is 2. The van der Waals surface area contributed by atoms with Crippen molar-refractivity contribution in [3.05, 3.63) is 64.7 Å². The molecular weight excluding hydrogens is 382 g/mol. The van der Waals surface area contributed by atoms with Crippen LogP contribution < -0.4 is 16.4 Å². The number of rotatable bonds is 7. The van der Waals surface area contributed by atoms with E-state index in [4.69, 9.17) is 22.1 Å². The third-order valence-corrected chi connectivity index (χ3v) is 4.48. The third kappa shape index (κ3) is 5.99. The first kappa shape index (κ1) is 21.2. The predicted octanol–water partition coefficient (Wildman–Crippen LogP) is 2.80. The smallest absolute Gasteiger partial charge is 0.329 e. The summed E-state index contributed by atoms with van der Waals surface area (Å²) in [7, 11) is 0. The normalized spacial score (nSPS) is 12.5. The number of anilines is 1. The number of amides is 3. The number of esters is 1. The van der Waals surface area contributed by atoms with Gasteiger partial charge >= 0.3 is 12.0 Å². The molecule has 0 aliphatic carbocycles. The van der Waals surface area contributed by atoms with E-state index < -0.39 is 30.1 Å². The van der Waals surface area contributed by atoms with E-state index in [0.29, 0.717) is 16.3 Å². The van der Waals surface area contributed by atoms with Gasteiger partial charge in [0, 0.05) is 17.1 Å². The molecule has 0 radical (unpaired) electrons. The molecular formula is C20H22ClN3O4. The van der Waals surface area contributed by atoms with E-state index in [-0.39, 0.29) is 6.42 Å². The van der Waals surface area contributed by atoms with Crippen molar-refractivity contribution in [2.75, 3.05) is 5.32 Å². The zero-order valence-electron chi connectivity index (χ0n) is 15.6. The number of benzene rings is 2. The van der Waals surface area contributed by atoms with Crippen LogP contribution in [0.25, 0.3) is 0 Å². The van der Waals surface area contributed by atoms with Crippen LogP contribution in [0.5, 0.6) is 0 Å². The molecule has 0 fully saturated rings. The molecule has 2 atom stereocenters. The van der Waals surface area contributed by atoms with Crippen LogP contribution in [0.2, 0.25) is 5.02 Å². The lowest BCUT2D eigenvalue weighted by Gasteiger charge is -2.20. The predicted molar refractivity (Wildman–Crippen MR) is 107 cm³/mol. The molecule has 2 rings (SSSR count). The van der Waals surface area contributed by atoms with Gasteiger partial charge < -0.3 is 21.1 Å². The van der Waals surface area contributed by atoms with Crippen LogP contribution in [0.15, 0.2) is 48.5 Å². The number of primary amides is 1. The molecule has 0 unspecified atom stereocenters. The van der Waals surface area contributed by atoms with Crippen molar-refractivity contribution < 1.29 is 19.1 Å². The molecule has 148 valence electrons. The second-order valence-corrected chi connectivity index (χ2v) is 6.64. The second-order valence-electron chi connectivity index (χ2n) is 6.23. The fraction of sp³-hybridized carbons (Fsp3) is 0.250. The number of halogens is 1. The quantitative estimate of drug-likeness (QED) is 0.617.